The summed E-state index contributed by atoms with van der Waals surface area (Å²) in [7, 11) is 0. The van der Waals surface area contributed by atoms with Crippen LogP contribution in [-0.2, 0) is 4.74 Å². The zero-order valence-electron chi connectivity index (χ0n) is 9.60. The smallest absolute Gasteiger partial charge is 0.140 e. The molecule has 1 aromatic rings. The van der Waals surface area contributed by atoms with E-state index in [4.69, 9.17) is 10.00 Å². The van der Waals surface area contributed by atoms with Crippen LogP contribution in [0.2, 0.25) is 0 Å². The number of nitriles is 1. The number of ether oxygens (including phenoxy) is 1. The first-order valence-electron chi connectivity index (χ1n) is 5.35. The lowest BCUT2D eigenvalue weighted by Crippen LogP contribution is -2.53. The fraction of sp³-hybridized carbons (Fsp3) is 0.500. The monoisotopic (exact) mass is 217 g/mol. The number of anilines is 1. The van der Waals surface area contributed by atoms with E-state index in [2.05, 4.69) is 23.7 Å². The minimum atomic E-state index is -0.0198. The highest BCUT2D eigenvalue weighted by Crippen LogP contribution is 2.26. The number of rotatable bonds is 1. The molecule has 1 aromatic heterocycles. The maximum absolute atomic E-state index is 8.70. The number of nitrogens with zero attached hydrogens (tertiary/aromatic N) is 3. The lowest BCUT2D eigenvalue weighted by atomic mass is 10.0. The normalized spacial score (nSPS) is 19.2. The Morgan fingerprint density at radius 3 is 2.88 bits per heavy atom. The van der Waals surface area contributed by atoms with Gasteiger partial charge in [0.2, 0.25) is 0 Å². The molecule has 0 saturated carbocycles. The quantitative estimate of drug-likeness (QED) is 0.716. The van der Waals surface area contributed by atoms with Crippen molar-refractivity contribution in [3.8, 4) is 6.07 Å². The Morgan fingerprint density at radius 1 is 1.50 bits per heavy atom. The average molecular weight is 217 g/mol. The molecule has 1 saturated heterocycles. The Labute approximate surface area is 95.5 Å². The fourth-order valence-electron chi connectivity index (χ4n) is 1.95. The van der Waals surface area contributed by atoms with Gasteiger partial charge in [0, 0.05) is 6.54 Å². The number of aromatic nitrogens is 1. The molecule has 1 aliphatic heterocycles. The Bertz CT molecular complexity index is 405. The van der Waals surface area contributed by atoms with Crippen molar-refractivity contribution in [2.45, 2.75) is 19.4 Å². The van der Waals surface area contributed by atoms with E-state index in [1.807, 2.05) is 12.1 Å². The summed E-state index contributed by atoms with van der Waals surface area (Å²) in [5, 5.41) is 8.70. The predicted molar refractivity (Wildman–Crippen MR) is 61.2 cm³/mol. The van der Waals surface area contributed by atoms with E-state index in [-0.39, 0.29) is 5.54 Å². The molecule has 0 aliphatic carbocycles. The van der Waals surface area contributed by atoms with E-state index in [0.717, 1.165) is 18.8 Å². The molecule has 2 heterocycles. The van der Waals surface area contributed by atoms with Crippen LogP contribution in [-0.4, -0.2) is 30.3 Å². The molecule has 2 rings (SSSR count). The Balaban J connectivity index is 2.25. The molecule has 0 unspecified atom stereocenters. The summed E-state index contributed by atoms with van der Waals surface area (Å²) >= 11 is 0. The van der Waals surface area contributed by atoms with Crippen molar-refractivity contribution < 1.29 is 4.74 Å². The molecular weight excluding hydrogens is 202 g/mol. The molecule has 0 bridgehead atoms. The van der Waals surface area contributed by atoms with Gasteiger partial charge in [0.15, 0.2) is 0 Å². The summed E-state index contributed by atoms with van der Waals surface area (Å²) in [5.41, 5.74) is 1.48. The van der Waals surface area contributed by atoms with Crippen molar-refractivity contribution in [3.63, 3.8) is 0 Å². The van der Waals surface area contributed by atoms with Gasteiger partial charge in [0.1, 0.15) is 11.8 Å². The van der Waals surface area contributed by atoms with Crippen molar-refractivity contribution in [1.29, 1.82) is 5.26 Å². The third kappa shape index (κ3) is 2.00. The molecule has 0 amide bonds. The summed E-state index contributed by atoms with van der Waals surface area (Å²) in [4.78, 5) is 6.36. The van der Waals surface area contributed by atoms with E-state index < -0.39 is 0 Å². The van der Waals surface area contributed by atoms with E-state index in [1.165, 1.54) is 0 Å². The van der Waals surface area contributed by atoms with Gasteiger partial charge in [-0.2, -0.15) is 5.26 Å². The highest BCUT2D eigenvalue weighted by Gasteiger charge is 2.30. The number of hydrogen-bond donors (Lipinski definition) is 0. The molecule has 16 heavy (non-hydrogen) atoms. The maximum atomic E-state index is 8.70. The Hall–Kier alpha value is -1.60. The van der Waals surface area contributed by atoms with E-state index in [9.17, 15) is 0 Å². The van der Waals surface area contributed by atoms with Crippen molar-refractivity contribution in [2.75, 3.05) is 24.7 Å². The molecule has 0 radical (unpaired) electrons. The SMILES string of the molecule is CC1(C)COCCN1c1ccc(C#N)nc1. The Morgan fingerprint density at radius 2 is 2.31 bits per heavy atom. The maximum Gasteiger partial charge on any atom is 0.140 e. The van der Waals surface area contributed by atoms with Crippen LogP contribution in [0.1, 0.15) is 19.5 Å². The van der Waals surface area contributed by atoms with Crippen LogP contribution in [0.4, 0.5) is 5.69 Å². The lowest BCUT2D eigenvalue weighted by molar-refractivity contribution is 0.0643. The topological polar surface area (TPSA) is 49.1 Å². The second-order valence-electron chi connectivity index (χ2n) is 4.53. The zero-order chi connectivity index (χ0) is 11.6. The zero-order valence-corrected chi connectivity index (χ0v) is 9.60. The van der Waals surface area contributed by atoms with Gasteiger partial charge in [-0.1, -0.05) is 0 Å². The Kier molecular flexibility index (Phi) is 2.80. The minimum absolute atomic E-state index is 0.0198. The molecule has 0 atom stereocenters. The van der Waals surface area contributed by atoms with Crippen LogP contribution in [0, 0.1) is 11.3 Å². The van der Waals surface area contributed by atoms with Crippen LogP contribution in [0.25, 0.3) is 0 Å². The molecular formula is C12H15N3O. The lowest BCUT2D eigenvalue weighted by Gasteiger charge is -2.43. The molecule has 0 spiro atoms. The highest BCUT2D eigenvalue weighted by molar-refractivity contribution is 5.48. The van der Waals surface area contributed by atoms with E-state index >= 15 is 0 Å². The summed E-state index contributed by atoms with van der Waals surface area (Å²) in [5.74, 6) is 0. The second-order valence-corrected chi connectivity index (χ2v) is 4.53. The summed E-state index contributed by atoms with van der Waals surface area (Å²) in [6, 6.07) is 5.72. The van der Waals surface area contributed by atoms with Gasteiger partial charge in [0.25, 0.3) is 0 Å². The first-order chi connectivity index (χ1) is 7.63. The predicted octanol–water partition coefficient (Wildman–Crippen LogP) is 1.57. The number of pyridine rings is 1. The third-order valence-electron chi connectivity index (χ3n) is 2.82. The van der Waals surface area contributed by atoms with Crippen molar-refractivity contribution >= 4 is 5.69 Å². The molecule has 0 aromatic carbocycles. The molecule has 0 N–H and O–H groups in total. The van der Waals surface area contributed by atoms with Gasteiger partial charge < -0.3 is 9.64 Å². The molecule has 1 aliphatic rings. The number of morpholine rings is 1. The first-order valence-corrected chi connectivity index (χ1v) is 5.35. The largest absolute Gasteiger partial charge is 0.377 e. The molecule has 4 nitrogen and oxygen atoms in total. The summed E-state index contributed by atoms with van der Waals surface area (Å²) in [6.07, 6.45) is 1.76. The summed E-state index contributed by atoms with van der Waals surface area (Å²) < 4.78 is 5.47. The summed E-state index contributed by atoms with van der Waals surface area (Å²) in [6.45, 7) is 6.60. The van der Waals surface area contributed by atoms with E-state index in [0.29, 0.717) is 12.3 Å². The van der Waals surface area contributed by atoms with Crippen LogP contribution < -0.4 is 4.90 Å². The van der Waals surface area contributed by atoms with Gasteiger partial charge in [-0.25, -0.2) is 4.98 Å². The van der Waals surface area contributed by atoms with Crippen molar-refractivity contribution in [3.05, 3.63) is 24.0 Å². The number of hydrogen-bond acceptors (Lipinski definition) is 4. The first kappa shape index (κ1) is 10.9. The standard InChI is InChI=1S/C12H15N3O/c1-12(2)9-16-6-5-15(12)11-4-3-10(7-13)14-8-11/h3-4,8H,5-6,9H2,1-2H3. The fourth-order valence-corrected chi connectivity index (χ4v) is 1.95. The van der Waals surface area contributed by atoms with Gasteiger partial charge in [-0.05, 0) is 26.0 Å². The minimum Gasteiger partial charge on any atom is -0.377 e. The van der Waals surface area contributed by atoms with Gasteiger partial charge in [-0.15, -0.1) is 0 Å². The molecule has 1 fully saturated rings. The van der Waals surface area contributed by atoms with Crippen LogP contribution in [0.15, 0.2) is 18.3 Å². The van der Waals surface area contributed by atoms with Gasteiger partial charge >= 0.3 is 0 Å². The highest BCUT2D eigenvalue weighted by atomic mass is 16.5. The van der Waals surface area contributed by atoms with Gasteiger partial charge in [0.05, 0.1) is 30.6 Å². The van der Waals surface area contributed by atoms with Crippen LogP contribution >= 0.6 is 0 Å². The molecule has 4 heteroatoms. The average Bonchev–Trinajstić information content (AvgIpc) is 2.29. The van der Waals surface area contributed by atoms with Crippen LogP contribution in [0.5, 0.6) is 0 Å². The van der Waals surface area contributed by atoms with Gasteiger partial charge in [-0.3, -0.25) is 0 Å². The van der Waals surface area contributed by atoms with E-state index in [1.54, 1.807) is 12.3 Å². The van der Waals surface area contributed by atoms with Crippen LogP contribution in [0.3, 0.4) is 0 Å². The van der Waals surface area contributed by atoms with Crippen molar-refractivity contribution in [2.24, 2.45) is 0 Å². The van der Waals surface area contributed by atoms with Crippen molar-refractivity contribution in [1.82, 2.24) is 4.98 Å². The molecule has 84 valence electrons. The second kappa shape index (κ2) is 4.11. The third-order valence-corrected chi connectivity index (χ3v) is 2.82.